The van der Waals surface area contributed by atoms with Gasteiger partial charge in [-0.05, 0) is 28.5 Å². The standard InChI is InChI=1S/C16H11NO3/c18-15-10-4-9-14(16(15)17(19)20)13-8-3-6-11-5-1-2-7-12(11)13/h1-10,18H. The number of fused-ring (bicyclic) bond motifs is 1. The molecule has 3 aromatic rings. The highest BCUT2D eigenvalue weighted by Crippen LogP contribution is 2.39. The van der Waals surface area contributed by atoms with Crippen LogP contribution in [0, 0.1) is 10.1 Å². The van der Waals surface area contributed by atoms with Crippen molar-refractivity contribution in [3.05, 3.63) is 70.8 Å². The maximum absolute atomic E-state index is 11.2. The minimum absolute atomic E-state index is 0.260. The second-order valence-corrected chi connectivity index (χ2v) is 4.46. The summed E-state index contributed by atoms with van der Waals surface area (Å²) in [5, 5.41) is 22.9. The van der Waals surface area contributed by atoms with Gasteiger partial charge in [-0.1, -0.05) is 48.5 Å². The summed E-state index contributed by atoms with van der Waals surface area (Å²) >= 11 is 0. The molecule has 0 aliphatic carbocycles. The van der Waals surface area contributed by atoms with Gasteiger partial charge in [0.25, 0.3) is 0 Å². The van der Waals surface area contributed by atoms with Crippen LogP contribution in [0.25, 0.3) is 21.9 Å². The number of aromatic hydroxyl groups is 1. The van der Waals surface area contributed by atoms with E-state index in [0.29, 0.717) is 5.56 Å². The molecule has 20 heavy (non-hydrogen) atoms. The number of para-hydroxylation sites is 1. The fourth-order valence-electron chi connectivity index (χ4n) is 2.40. The molecule has 0 atom stereocenters. The first-order valence-corrected chi connectivity index (χ1v) is 6.13. The summed E-state index contributed by atoms with van der Waals surface area (Å²) in [6.45, 7) is 0. The number of nitrogens with zero attached hydrogens (tertiary/aromatic N) is 1. The minimum atomic E-state index is -0.549. The lowest BCUT2D eigenvalue weighted by Crippen LogP contribution is -1.93. The van der Waals surface area contributed by atoms with E-state index in [1.165, 1.54) is 6.07 Å². The molecule has 0 unspecified atom stereocenters. The molecule has 3 rings (SSSR count). The van der Waals surface area contributed by atoms with Gasteiger partial charge in [-0.3, -0.25) is 10.1 Å². The van der Waals surface area contributed by atoms with Gasteiger partial charge in [0.05, 0.1) is 10.5 Å². The molecule has 0 radical (unpaired) electrons. The van der Waals surface area contributed by atoms with E-state index in [4.69, 9.17) is 0 Å². The molecule has 0 amide bonds. The number of rotatable bonds is 2. The van der Waals surface area contributed by atoms with Crippen molar-refractivity contribution in [3.8, 4) is 16.9 Å². The summed E-state index contributed by atoms with van der Waals surface area (Å²) in [4.78, 5) is 10.6. The Morgan fingerprint density at radius 1 is 0.850 bits per heavy atom. The molecule has 0 saturated heterocycles. The normalized spacial score (nSPS) is 10.6. The molecule has 0 spiro atoms. The summed E-state index contributed by atoms with van der Waals surface area (Å²) in [6.07, 6.45) is 0. The molecular formula is C16H11NO3. The Balaban J connectivity index is 2.37. The molecule has 0 fully saturated rings. The van der Waals surface area contributed by atoms with Crippen LogP contribution >= 0.6 is 0 Å². The zero-order chi connectivity index (χ0) is 14.1. The van der Waals surface area contributed by atoms with Crippen LogP contribution in [-0.4, -0.2) is 10.0 Å². The van der Waals surface area contributed by atoms with Gasteiger partial charge in [0.15, 0.2) is 5.75 Å². The van der Waals surface area contributed by atoms with Gasteiger partial charge in [0.1, 0.15) is 0 Å². The topological polar surface area (TPSA) is 63.4 Å². The maximum Gasteiger partial charge on any atom is 0.318 e. The Morgan fingerprint density at radius 3 is 2.30 bits per heavy atom. The van der Waals surface area contributed by atoms with Crippen molar-refractivity contribution >= 4 is 16.5 Å². The third kappa shape index (κ3) is 1.87. The molecule has 0 saturated carbocycles. The number of nitro groups is 1. The molecule has 0 aliphatic rings. The van der Waals surface area contributed by atoms with Crippen LogP contribution in [0.1, 0.15) is 0 Å². The molecular weight excluding hydrogens is 254 g/mol. The monoisotopic (exact) mass is 265 g/mol. The van der Waals surface area contributed by atoms with E-state index in [1.807, 2.05) is 42.5 Å². The van der Waals surface area contributed by atoms with Crippen LogP contribution in [0.2, 0.25) is 0 Å². The lowest BCUT2D eigenvalue weighted by molar-refractivity contribution is -0.385. The van der Waals surface area contributed by atoms with Crippen molar-refractivity contribution in [2.75, 3.05) is 0 Å². The van der Waals surface area contributed by atoms with E-state index in [0.717, 1.165) is 16.3 Å². The molecule has 4 nitrogen and oxygen atoms in total. The average molecular weight is 265 g/mol. The average Bonchev–Trinajstić information content (AvgIpc) is 2.46. The van der Waals surface area contributed by atoms with Gasteiger partial charge in [0.2, 0.25) is 0 Å². The number of benzene rings is 3. The quantitative estimate of drug-likeness (QED) is 0.560. The maximum atomic E-state index is 11.2. The second-order valence-electron chi connectivity index (χ2n) is 4.46. The van der Waals surface area contributed by atoms with E-state index in [1.54, 1.807) is 12.1 Å². The second kappa shape index (κ2) is 4.66. The van der Waals surface area contributed by atoms with Gasteiger partial charge in [-0.15, -0.1) is 0 Å². The molecule has 98 valence electrons. The first-order chi connectivity index (χ1) is 9.68. The van der Waals surface area contributed by atoms with Crippen LogP contribution in [0.3, 0.4) is 0 Å². The van der Waals surface area contributed by atoms with Crippen molar-refractivity contribution in [3.63, 3.8) is 0 Å². The zero-order valence-electron chi connectivity index (χ0n) is 10.5. The lowest BCUT2D eigenvalue weighted by Gasteiger charge is -2.08. The molecule has 0 aromatic heterocycles. The minimum Gasteiger partial charge on any atom is -0.502 e. The van der Waals surface area contributed by atoms with Crippen molar-refractivity contribution in [1.29, 1.82) is 0 Å². The molecule has 0 aliphatic heterocycles. The molecule has 1 N–H and O–H groups in total. The van der Waals surface area contributed by atoms with Gasteiger partial charge in [0, 0.05) is 0 Å². The van der Waals surface area contributed by atoms with Crippen LogP contribution in [-0.2, 0) is 0 Å². The highest BCUT2D eigenvalue weighted by molar-refractivity contribution is 5.99. The van der Waals surface area contributed by atoms with Gasteiger partial charge in [-0.2, -0.15) is 0 Å². The Morgan fingerprint density at radius 2 is 1.50 bits per heavy atom. The summed E-state index contributed by atoms with van der Waals surface area (Å²) in [5.41, 5.74) is 0.904. The summed E-state index contributed by atoms with van der Waals surface area (Å²) in [6, 6.07) is 17.9. The highest BCUT2D eigenvalue weighted by atomic mass is 16.6. The summed E-state index contributed by atoms with van der Waals surface area (Å²) < 4.78 is 0. The van der Waals surface area contributed by atoms with E-state index >= 15 is 0 Å². The Labute approximate surface area is 115 Å². The van der Waals surface area contributed by atoms with Gasteiger partial charge >= 0.3 is 5.69 Å². The zero-order valence-corrected chi connectivity index (χ0v) is 10.5. The van der Waals surface area contributed by atoms with Crippen LogP contribution in [0.15, 0.2) is 60.7 Å². The van der Waals surface area contributed by atoms with Gasteiger partial charge in [-0.25, -0.2) is 0 Å². The third-order valence-electron chi connectivity index (χ3n) is 3.28. The van der Waals surface area contributed by atoms with Crippen LogP contribution in [0.5, 0.6) is 5.75 Å². The predicted molar refractivity (Wildman–Crippen MR) is 77.7 cm³/mol. The molecule has 3 aromatic carbocycles. The third-order valence-corrected chi connectivity index (χ3v) is 3.28. The highest BCUT2D eigenvalue weighted by Gasteiger charge is 2.21. The van der Waals surface area contributed by atoms with E-state index in [9.17, 15) is 15.2 Å². The van der Waals surface area contributed by atoms with E-state index in [-0.39, 0.29) is 11.4 Å². The number of hydrogen-bond donors (Lipinski definition) is 1. The molecule has 0 heterocycles. The van der Waals surface area contributed by atoms with E-state index < -0.39 is 4.92 Å². The predicted octanol–water partition coefficient (Wildman–Crippen LogP) is 4.12. The van der Waals surface area contributed by atoms with Crippen molar-refractivity contribution in [2.45, 2.75) is 0 Å². The molecule has 0 bridgehead atoms. The number of phenols is 1. The Kier molecular flexibility index (Phi) is 2.84. The van der Waals surface area contributed by atoms with E-state index in [2.05, 4.69) is 0 Å². The largest absolute Gasteiger partial charge is 0.502 e. The fraction of sp³-hybridized carbons (Fsp3) is 0. The van der Waals surface area contributed by atoms with Crippen molar-refractivity contribution in [2.24, 2.45) is 0 Å². The molecule has 4 heteroatoms. The first kappa shape index (κ1) is 12.2. The summed E-state index contributed by atoms with van der Waals surface area (Å²) in [7, 11) is 0. The van der Waals surface area contributed by atoms with Crippen molar-refractivity contribution in [1.82, 2.24) is 0 Å². The van der Waals surface area contributed by atoms with Crippen molar-refractivity contribution < 1.29 is 10.0 Å². The van der Waals surface area contributed by atoms with Crippen LogP contribution in [0.4, 0.5) is 5.69 Å². The lowest BCUT2D eigenvalue weighted by atomic mass is 9.97. The number of hydrogen-bond acceptors (Lipinski definition) is 3. The number of phenolic OH excluding ortho intramolecular Hbond substituents is 1. The van der Waals surface area contributed by atoms with Crippen LogP contribution < -0.4 is 0 Å². The summed E-state index contributed by atoms with van der Waals surface area (Å²) in [5.74, 6) is -0.319. The smallest absolute Gasteiger partial charge is 0.318 e. The Bertz CT molecular complexity index is 806. The fourth-order valence-corrected chi connectivity index (χ4v) is 2.40. The van der Waals surface area contributed by atoms with Gasteiger partial charge < -0.3 is 5.11 Å². The number of nitro benzene ring substituents is 1. The first-order valence-electron chi connectivity index (χ1n) is 6.13. The SMILES string of the molecule is O=[N+]([O-])c1c(O)cccc1-c1cccc2ccccc12. The Hall–Kier alpha value is -2.88.